The van der Waals surface area contributed by atoms with E-state index in [4.69, 9.17) is 16.3 Å². The molecule has 0 unspecified atom stereocenters. The van der Waals surface area contributed by atoms with Crippen molar-refractivity contribution in [1.82, 2.24) is 0 Å². The molecule has 0 aliphatic rings. The Balaban J connectivity index is 3.43. The number of hydrogen-bond donors (Lipinski definition) is 0. The van der Waals surface area contributed by atoms with Crippen LogP contribution in [0, 0.1) is 10.1 Å². The molecule has 0 amide bonds. The second kappa shape index (κ2) is 4.27. The molecule has 1 aromatic rings. The van der Waals surface area contributed by atoms with Crippen molar-refractivity contribution < 1.29 is 14.5 Å². The third-order valence-electron chi connectivity index (χ3n) is 1.84. The number of Topliss-reactive ketones (excluding diaryl/α,β-unsaturated/α-hetero) is 1. The predicted octanol–water partition coefficient (Wildman–Crippen LogP) is 2.46. The van der Waals surface area contributed by atoms with E-state index in [9.17, 15) is 14.9 Å². The molecule has 0 N–H and O–H groups in total. The van der Waals surface area contributed by atoms with Gasteiger partial charge in [-0.2, -0.15) is 0 Å². The molecule has 6 heteroatoms. The molecular weight excluding hydrogens is 222 g/mol. The molecule has 0 aliphatic heterocycles. The first kappa shape index (κ1) is 11.5. The van der Waals surface area contributed by atoms with Crippen molar-refractivity contribution >= 4 is 23.1 Å². The van der Waals surface area contributed by atoms with Gasteiger partial charge in [-0.15, -0.1) is 0 Å². The highest BCUT2D eigenvalue weighted by Crippen LogP contribution is 2.32. The summed E-state index contributed by atoms with van der Waals surface area (Å²) in [5.74, 6) is -0.0790. The van der Waals surface area contributed by atoms with Crippen LogP contribution in [0.5, 0.6) is 5.75 Å². The summed E-state index contributed by atoms with van der Waals surface area (Å²) in [6, 6.07) is 2.37. The van der Waals surface area contributed by atoms with Gasteiger partial charge in [-0.3, -0.25) is 14.9 Å². The highest BCUT2D eigenvalue weighted by molar-refractivity contribution is 6.33. The minimum Gasteiger partial charge on any atom is -0.496 e. The molecule has 0 radical (unpaired) electrons. The Morgan fingerprint density at radius 1 is 1.53 bits per heavy atom. The number of carbonyl (C=O) groups excluding carboxylic acids is 1. The van der Waals surface area contributed by atoms with Gasteiger partial charge in [0.05, 0.1) is 17.6 Å². The Morgan fingerprint density at radius 3 is 2.53 bits per heavy atom. The fourth-order valence-corrected chi connectivity index (χ4v) is 1.35. The third kappa shape index (κ3) is 2.24. The standard InChI is InChI=1S/C9H8ClNO4/c1-5(12)6-3-8(11(13)14)7(10)4-9(6)15-2/h3-4H,1-2H3. The van der Waals surface area contributed by atoms with Crippen LogP contribution >= 0.6 is 11.6 Å². The first-order valence-corrected chi connectivity index (χ1v) is 4.38. The largest absolute Gasteiger partial charge is 0.496 e. The Labute approximate surface area is 90.8 Å². The number of carbonyl (C=O) groups is 1. The summed E-state index contributed by atoms with van der Waals surface area (Å²) < 4.78 is 4.89. The fraction of sp³-hybridized carbons (Fsp3) is 0.222. The Bertz CT molecular complexity index is 430. The van der Waals surface area contributed by atoms with Gasteiger partial charge in [-0.1, -0.05) is 11.6 Å². The average molecular weight is 230 g/mol. The minimum absolute atomic E-state index is 0.0538. The summed E-state index contributed by atoms with van der Waals surface area (Å²) in [5.41, 5.74) is -0.156. The van der Waals surface area contributed by atoms with Gasteiger partial charge in [0.25, 0.3) is 5.69 Å². The number of nitrogens with zero attached hydrogens (tertiary/aromatic N) is 1. The van der Waals surface area contributed by atoms with E-state index in [0.717, 1.165) is 6.07 Å². The Kier molecular flexibility index (Phi) is 3.26. The van der Waals surface area contributed by atoms with E-state index < -0.39 is 4.92 Å². The van der Waals surface area contributed by atoms with Crippen LogP contribution in [0.2, 0.25) is 5.02 Å². The molecule has 0 spiro atoms. The molecule has 1 rings (SSSR count). The number of benzene rings is 1. The van der Waals surface area contributed by atoms with Crippen molar-refractivity contribution in [3.05, 3.63) is 32.8 Å². The monoisotopic (exact) mass is 229 g/mol. The molecule has 0 atom stereocenters. The van der Waals surface area contributed by atoms with Crippen molar-refractivity contribution in [2.24, 2.45) is 0 Å². The lowest BCUT2D eigenvalue weighted by Crippen LogP contribution is -2.00. The second-order valence-corrected chi connectivity index (χ2v) is 3.22. The molecular formula is C9H8ClNO4. The highest BCUT2D eigenvalue weighted by atomic mass is 35.5. The number of nitro groups is 1. The van der Waals surface area contributed by atoms with Crippen LogP contribution in [0.4, 0.5) is 5.69 Å². The topological polar surface area (TPSA) is 69.4 Å². The first-order chi connectivity index (χ1) is 6.97. The summed E-state index contributed by atoms with van der Waals surface area (Å²) >= 11 is 5.65. The van der Waals surface area contributed by atoms with Crippen LogP contribution in [0.1, 0.15) is 17.3 Å². The zero-order valence-electron chi connectivity index (χ0n) is 8.11. The maximum Gasteiger partial charge on any atom is 0.288 e. The molecule has 0 aliphatic carbocycles. The summed E-state index contributed by atoms with van der Waals surface area (Å²) in [6.07, 6.45) is 0. The molecule has 0 heterocycles. The highest BCUT2D eigenvalue weighted by Gasteiger charge is 2.19. The maximum atomic E-state index is 11.2. The number of ether oxygens (including phenoxy) is 1. The van der Waals surface area contributed by atoms with Gasteiger partial charge in [-0.25, -0.2) is 0 Å². The quantitative estimate of drug-likeness (QED) is 0.454. The van der Waals surface area contributed by atoms with E-state index in [-0.39, 0.29) is 27.8 Å². The molecule has 0 bridgehead atoms. The molecule has 0 saturated heterocycles. The van der Waals surface area contributed by atoms with Crippen LogP contribution in [0.3, 0.4) is 0 Å². The number of rotatable bonds is 3. The lowest BCUT2D eigenvalue weighted by atomic mass is 10.1. The predicted molar refractivity (Wildman–Crippen MR) is 54.7 cm³/mol. The number of ketones is 1. The van der Waals surface area contributed by atoms with Crippen LogP contribution in [-0.4, -0.2) is 17.8 Å². The van der Waals surface area contributed by atoms with E-state index in [2.05, 4.69) is 0 Å². The zero-order valence-corrected chi connectivity index (χ0v) is 8.87. The lowest BCUT2D eigenvalue weighted by molar-refractivity contribution is -0.384. The third-order valence-corrected chi connectivity index (χ3v) is 2.15. The van der Waals surface area contributed by atoms with E-state index in [1.54, 1.807) is 0 Å². The molecule has 0 fully saturated rings. The number of methoxy groups -OCH3 is 1. The van der Waals surface area contributed by atoms with E-state index in [0.29, 0.717) is 0 Å². The van der Waals surface area contributed by atoms with Gasteiger partial charge in [0, 0.05) is 12.1 Å². The molecule has 5 nitrogen and oxygen atoms in total. The molecule has 15 heavy (non-hydrogen) atoms. The van der Waals surface area contributed by atoms with Gasteiger partial charge < -0.3 is 4.74 Å². The van der Waals surface area contributed by atoms with E-state index >= 15 is 0 Å². The van der Waals surface area contributed by atoms with Crippen LogP contribution < -0.4 is 4.74 Å². The molecule has 1 aromatic carbocycles. The zero-order chi connectivity index (χ0) is 11.6. The summed E-state index contributed by atoms with van der Waals surface area (Å²) in [7, 11) is 1.37. The minimum atomic E-state index is -0.645. The lowest BCUT2D eigenvalue weighted by Gasteiger charge is -2.06. The SMILES string of the molecule is COc1cc(Cl)c([N+](=O)[O-])cc1C(C)=O. The maximum absolute atomic E-state index is 11.2. The summed E-state index contributed by atoms with van der Waals surface area (Å²) in [4.78, 5) is 21.1. The van der Waals surface area contributed by atoms with Gasteiger partial charge in [-0.05, 0) is 6.92 Å². The van der Waals surface area contributed by atoms with E-state index in [1.165, 1.54) is 20.1 Å². The Hall–Kier alpha value is -1.62. The van der Waals surface area contributed by atoms with Crippen molar-refractivity contribution in [2.75, 3.05) is 7.11 Å². The number of nitro benzene ring substituents is 1. The molecule has 80 valence electrons. The van der Waals surface area contributed by atoms with Crippen LogP contribution in [-0.2, 0) is 0 Å². The number of halogens is 1. The molecule has 0 aromatic heterocycles. The van der Waals surface area contributed by atoms with Crippen LogP contribution in [0.25, 0.3) is 0 Å². The fourth-order valence-electron chi connectivity index (χ4n) is 1.13. The first-order valence-electron chi connectivity index (χ1n) is 4.00. The van der Waals surface area contributed by atoms with Gasteiger partial charge in [0.1, 0.15) is 10.8 Å². The Morgan fingerprint density at radius 2 is 2.13 bits per heavy atom. The van der Waals surface area contributed by atoms with Crippen molar-refractivity contribution in [1.29, 1.82) is 0 Å². The summed E-state index contributed by atoms with van der Waals surface area (Å²) in [6.45, 7) is 1.30. The van der Waals surface area contributed by atoms with Gasteiger partial charge in [0.2, 0.25) is 0 Å². The molecule has 0 saturated carbocycles. The van der Waals surface area contributed by atoms with Crippen LogP contribution in [0.15, 0.2) is 12.1 Å². The normalized spacial score (nSPS) is 9.80. The average Bonchev–Trinajstić information content (AvgIpc) is 2.16. The van der Waals surface area contributed by atoms with Crippen molar-refractivity contribution in [3.63, 3.8) is 0 Å². The summed E-state index contributed by atoms with van der Waals surface area (Å²) in [5, 5.41) is 10.5. The number of hydrogen-bond acceptors (Lipinski definition) is 4. The van der Waals surface area contributed by atoms with Gasteiger partial charge >= 0.3 is 0 Å². The van der Waals surface area contributed by atoms with E-state index in [1.807, 2.05) is 0 Å². The smallest absolute Gasteiger partial charge is 0.288 e. The van der Waals surface area contributed by atoms with Crippen molar-refractivity contribution in [3.8, 4) is 5.75 Å². The second-order valence-electron chi connectivity index (χ2n) is 2.82. The van der Waals surface area contributed by atoms with Crippen molar-refractivity contribution in [2.45, 2.75) is 6.92 Å². The van der Waals surface area contributed by atoms with Gasteiger partial charge in [0.15, 0.2) is 5.78 Å².